The van der Waals surface area contributed by atoms with Crippen molar-refractivity contribution in [2.75, 3.05) is 0 Å². The molecule has 0 aromatic carbocycles. The zero-order valence-electron chi connectivity index (χ0n) is 11.3. The number of hydrazone groups is 1. The number of hydrogen-bond acceptors (Lipinski definition) is 2. The molecule has 1 N–H and O–H groups in total. The number of nitrogens with zero attached hydrogens (tertiary/aromatic N) is 1. The first kappa shape index (κ1) is 12.9. The highest BCUT2D eigenvalue weighted by molar-refractivity contribution is 5.22. The Morgan fingerprint density at radius 1 is 0.941 bits per heavy atom. The first-order chi connectivity index (χ1) is 8.33. The number of rotatable bonds is 4. The van der Waals surface area contributed by atoms with Gasteiger partial charge in [0.25, 0.3) is 0 Å². The van der Waals surface area contributed by atoms with E-state index in [1.165, 1.54) is 57.8 Å². The Balaban J connectivity index is 1.72. The minimum Gasteiger partial charge on any atom is -0.308 e. The molecular weight excluding hydrogens is 208 g/mol. The summed E-state index contributed by atoms with van der Waals surface area (Å²) >= 11 is 0. The molecule has 0 aliphatic heterocycles. The monoisotopic (exact) mass is 236 g/mol. The molecule has 2 fully saturated rings. The Morgan fingerprint density at radius 2 is 1.47 bits per heavy atom. The van der Waals surface area contributed by atoms with Gasteiger partial charge in [-0.05, 0) is 56.3 Å². The highest BCUT2D eigenvalue weighted by atomic mass is 15.3. The van der Waals surface area contributed by atoms with Crippen LogP contribution in [0.5, 0.6) is 0 Å². The highest BCUT2D eigenvalue weighted by Gasteiger charge is 2.30. The van der Waals surface area contributed by atoms with Crippen LogP contribution in [0.25, 0.3) is 0 Å². The molecule has 2 rings (SSSR count). The molecule has 0 aromatic heterocycles. The van der Waals surface area contributed by atoms with Gasteiger partial charge in [0.15, 0.2) is 0 Å². The molecule has 2 aliphatic carbocycles. The van der Waals surface area contributed by atoms with Gasteiger partial charge in [-0.15, -0.1) is 0 Å². The average Bonchev–Trinajstić information content (AvgIpc) is 2.40. The SMILES string of the molecule is C=NNC1CCC(C2CCC(CC)CC2)CC1. The lowest BCUT2D eigenvalue weighted by Gasteiger charge is -2.37. The first-order valence-electron chi connectivity index (χ1n) is 7.54. The van der Waals surface area contributed by atoms with Crippen LogP contribution in [-0.2, 0) is 0 Å². The minimum absolute atomic E-state index is 0.607. The van der Waals surface area contributed by atoms with Crippen LogP contribution in [-0.4, -0.2) is 12.8 Å². The number of nitrogens with one attached hydrogen (secondary N) is 1. The van der Waals surface area contributed by atoms with Crippen molar-refractivity contribution < 1.29 is 0 Å². The summed E-state index contributed by atoms with van der Waals surface area (Å²) in [6.07, 6.45) is 12.8. The van der Waals surface area contributed by atoms with Gasteiger partial charge >= 0.3 is 0 Å². The highest BCUT2D eigenvalue weighted by Crippen LogP contribution is 2.40. The van der Waals surface area contributed by atoms with Crippen LogP contribution in [0.2, 0.25) is 0 Å². The summed E-state index contributed by atoms with van der Waals surface area (Å²) in [6, 6.07) is 0.607. The fraction of sp³-hybridized carbons (Fsp3) is 0.933. The fourth-order valence-electron chi connectivity index (χ4n) is 3.92. The molecule has 2 aliphatic rings. The maximum Gasteiger partial charge on any atom is 0.0440 e. The van der Waals surface area contributed by atoms with Crippen LogP contribution >= 0.6 is 0 Å². The maximum absolute atomic E-state index is 3.82. The smallest absolute Gasteiger partial charge is 0.0440 e. The van der Waals surface area contributed by atoms with Gasteiger partial charge in [-0.2, -0.15) is 5.10 Å². The summed E-state index contributed by atoms with van der Waals surface area (Å²) in [7, 11) is 0. The Kier molecular flexibility index (Phi) is 4.87. The molecule has 98 valence electrons. The van der Waals surface area contributed by atoms with Gasteiger partial charge in [0.05, 0.1) is 0 Å². The Labute approximate surface area is 106 Å². The van der Waals surface area contributed by atoms with Gasteiger partial charge in [0, 0.05) is 12.8 Å². The van der Waals surface area contributed by atoms with Crippen molar-refractivity contribution in [3.8, 4) is 0 Å². The molecule has 2 nitrogen and oxygen atoms in total. The molecule has 0 aromatic rings. The van der Waals surface area contributed by atoms with Gasteiger partial charge < -0.3 is 5.43 Å². The van der Waals surface area contributed by atoms with Crippen LogP contribution in [0, 0.1) is 17.8 Å². The topological polar surface area (TPSA) is 24.4 Å². The summed E-state index contributed by atoms with van der Waals surface area (Å²) in [5, 5.41) is 3.82. The molecule has 0 spiro atoms. The van der Waals surface area contributed by atoms with E-state index in [1.54, 1.807) is 0 Å². The third-order valence-electron chi connectivity index (χ3n) is 5.18. The van der Waals surface area contributed by atoms with Crippen LogP contribution in [0.1, 0.15) is 64.7 Å². The standard InChI is InChI=1S/C15H28N2/c1-3-12-4-6-13(7-5-12)14-8-10-15(11-9-14)17-16-2/h12-15,17H,2-11H2,1H3. The van der Waals surface area contributed by atoms with E-state index in [-0.39, 0.29) is 0 Å². The summed E-state index contributed by atoms with van der Waals surface area (Å²) in [5.41, 5.74) is 3.14. The number of hydrogen-bond donors (Lipinski definition) is 1. The van der Waals surface area contributed by atoms with E-state index >= 15 is 0 Å². The van der Waals surface area contributed by atoms with Gasteiger partial charge in [-0.3, -0.25) is 0 Å². The largest absolute Gasteiger partial charge is 0.308 e. The van der Waals surface area contributed by atoms with Gasteiger partial charge in [-0.25, -0.2) is 0 Å². The van der Waals surface area contributed by atoms with Gasteiger partial charge in [-0.1, -0.05) is 26.2 Å². The van der Waals surface area contributed by atoms with E-state index in [4.69, 9.17) is 0 Å². The molecule has 0 saturated heterocycles. The van der Waals surface area contributed by atoms with Crippen LogP contribution in [0.3, 0.4) is 0 Å². The lowest BCUT2D eigenvalue weighted by atomic mass is 9.70. The predicted octanol–water partition coefficient (Wildman–Crippen LogP) is 3.97. The summed E-state index contributed by atoms with van der Waals surface area (Å²) < 4.78 is 0. The third kappa shape index (κ3) is 3.46. The molecule has 0 atom stereocenters. The van der Waals surface area contributed by atoms with Crippen molar-refractivity contribution in [3.63, 3.8) is 0 Å². The molecule has 2 saturated carbocycles. The fourth-order valence-corrected chi connectivity index (χ4v) is 3.92. The van der Waals surface area contributed by atoms with Crippen LogP contribution in [0.4, 0.5) is 0 Å². The maximum atomic E-state index is 3.82. The minimum atomic E-state index is 0.607. The lowest BCUT2D eigenvalue weighted by Crippen LogP contribution is -2.32. The van der Waals surface area contributed by atoms with E-state index in [2.05, 4.69) is 24.2 Å². The van der Waals surface area contributed by atoms with E-state index < -0.39 is 0 Å². The van der Waals surface area contributed by atoms with Crippen LogP contribution in [0.15, 0.2) is 5.10 Å². The van der Waals surface area contributed by atoms with Crippen molar-refractivity contribution in [1.82, 2.24) is 5.43 Å². The second-order valence-corrected chi connectivity index (χ2v) is 6.09. The zero-order chi connectivity index (χ0) is 12.1. The Morgan fingerprint density at radius 3 is 1.94 bits per heavy atom. The first-order valence-corrected chi connectivity index (χ1v) is 7.54. The van der Waals surface area contributed by atoms with Crippen molar-refractivity contribution in [3.05, 3.63) is 0 Å². The van der Waals surface area contributed by atoms with E-state index in [1.807, 2.05) is 0 Å². The van der Waals surface area contributed by atoms with E-state index in [9.17, 15) is 0 Å². The van der Waals surface area contributed by atoms with Gasteiger partial charge in [0.1, 0.15) is 0 Å². The lowest BCUT2D eigenvalue weighted by molar-refractivity contribution is 0.153. The molecule has 0 amide bonds. The third-order valence-corrected chi connectivity index (χ3v) is 5.18. The van der Waals surface area contributed by atoms with Crippen molar-refractivity contribution in [2.24, 2.45) is 22.9 Å². The quantitative estimate of drug-likeness (QED) is 0.580. The second kappa shape index (κ2) is 6.42. The normalized spacial score (nSPS) is 38.6. The zero-order valence-corrected chi connectivity index (χ0v) is 11.3. The van der Waals surface area contributed by atoms with Crippen LogP contribution < -0.4 is 5.43 Å². The summed E-state index contributed by atoms with van der Waals surface area (Å²) in [4.78, 5) is 0. The Bertz CT molecular complexity index is 223. The molecule has 17 heavy (non-hydrogen) atoms. The average molecular weight is 236 g/mol. The van der Waals surface area contributed by atoms with Gasteiger partial charge in [0.2, 0.25) is 0 Å². The van der Waals surface area contributed by atoms with E-state index in [0.717, 1.165) is 17.8 Å². The van der Waals surface area contributed by atoms with E-state index in [0.29, 0.717) is 6.04 Å². The summed E-state index contributed by atoms with van der Waals surface area (Å²) in [5.74, 6) is 3.08. The molecule has 2 heteroatoms. The molecule has 0 radical (unpaired) electrons. The predicted molar refractivity (Wildman–Crippen MR) is 74.2 cm³/mol. The molecule has 0 bridgehead atoms. The van der Waals surface area contributed by atoms with Crippen molar-refractivity contribution in [1.29, 1.82) is 0 Å². The molecular formula is C15H28N2. The Hall–Kier alpha value is -0.530. The summed E-state index contributed by atoms with van der Waals surface area (Å²) in [6.45, 7) is 5.87. The molecule has 0 heterocycles. The molecule has 0 unspecified atom stereocenters. The van der Waals surface area contributed by atoms with Crippen molar-refractivity contribution >= 4 is 6.72 Å². The van der Waals surface area contributed by atoms with Crippen molar-refractivity contribution in [2.45, 2.75) is 70.8 Å². The second-order valence-electron chi connectivity index (χ2n) is 6.09.